The predicted molar refractivity (Wildman–Crippen MR) is 87.8 cm³/mol. The van der Waals surface area contributed by atoms with E-state index in [9.17, 15) is 5.11 Å². The zero-order valence-electron chi connectivity index (χ0n) is 12.6. The van der Waals surface area contributed by atoms with Crippen LogP contribution in [0.1, 0.15) is 12.5 Å². The normalized spacial score (nSPS) is 12.4. The van der Waals surface area contributed by atoms with Gasteiger partial charge in [-0.25, -0.2) is 0 Å². The monoisotopic (exact) mass is 312 g/mol. The molecule has 5 nitrogen and oxygen atoms in total. The largest absolute Gasteiger partial charge is 0.490 e. The number of rotatable bonds is 10. The molecule has 1 aromatic rings. The van der Waals surface area contributed by atoms with Crippen LogP contribution in [-0.4, -0.2) is 61.1 Å². The molecule has 0 saturated heterocycles. The van der Waals surface area contributed by atoms with E-state index >= 15 is 0 Å². The predicted octanol–water partition coefficient (Wildman–Crippen LogP) is 1.03. The maximum Gasteiger partial charge on any atom is 0.129 e. The SMILES string of the molecule is CCN(CCOC)CC(O)COc1ccccc1C(N)=S. The van der Waals surface area contributed by atoms with Gasteiger partial charge < -0.3 is 20.3 Å². The molecule has 0 bridgehead atoms. The zero-order valence-corrected chi connectivity index (χ0v) is 13.4. The number of aliphatic hydroxyl groups is 1. The highest BCUT2D eigenvalue weighted by atomic mass is 32.1. The first-order valence-electron chi connectivity index (χ1n) is 6.99. The number of para-hydroxylation sites is 1. The lowest BCUT2D eigenvalue weighted by atomic mass is 10.2. The molecule has 1 atom stereocenters. The topological polar surface area (TPSA) is 68.0 Å². The molecular weight excluding hydrogens is 288 g/mol. The van der Waals surface area contributed by atoms with E-state index < -0.39 is 6.10 Å². The Balaban J connectivity index is 2.49. The number of nitrogens with two attached hydrogens (primary N) is 1. The van der Waals surface area contributed by atoms with Crippen molar-refractivity contribution in [1.29, 1.82) is 0 Å². The van der Waals surface area contributed by atoms with Crippen molar-refractivity contribution < 1.29 is 14.6 Å². The van der Waals surface area contributed by atoms with Crippen LogP contribution < -0.4 is 10.5 Å². The summed E-state index contributed by atoms with van der Waals surface area (Å²) in [5.74, 6) is 0.601. The van der Waals surface area contributed by atoms with Gasteiger partial charge in [0.05, 0.1) is 12.2 Å². The summed E-state index contributed by atoms with van der Waals surface area (Å²) in [4.78, 5) is 2.40. The van der Waals surface area contributed by atoms with Crippen LogP contribution in [0.4, 0.5) is 0 Å². The van der Waals surface area contributed by atoms with Crippen LogP contribution in [0.5, 0.6) is 5.75 Å². The van der Waals surface area contributed by atoms with Gasteiger partial charge in [-0.3, -0.25) is 4.90 Å². The average Bonchev–Trinajstić information content (AvgIpc) is 2.49. The maximum absolute atomic E-state index is 10.1. The molecule has 1 aromatic carbocycles. The summed E-state index contributed by atoms with van der Waals surface area (Å²) in [5.41, 5.74) is 6.33. The van der Waals surface area contributed by atoms with Gasteiger partial charge in [-0.1, -0.05) is 31.3 Å². The fraction of sp³-hybridized carbons (Fsp3) is 0.533. The van der Waals surface area contributed by atoms with Crippen molar-refractivity contribution in [3.05, 3.63) is 29.8 Å². The van der Waals surface area contributed by atoms with Crippen molar-refractivity contribution in [3.63, 3.8) is 0 Å². The minimum Gasteiger partial charge on any atom is -0.490 e. The number of hydrogen-bond donors (Lipinski definition) is 2. The average molecular weight is 312 g/mol. The van der Waals surface area contributed by atoms with Gasteiger partial charge >= 0.3 is 0 Å². The van der Waals surface area contributed by atoms with Crippen molar-refractivity contribution >= 4 is 17.2 Å². The highest BCUT2D eigenvalue weighted by molar-refractivity contribution is 7.80. The molecule has 118 valence electrons. The van der Waals surface area contributed by atoms with Gasteiger partial charge in [0.1, 0.15) is 23.4 Å². The Labute approximate surface area is 131 Å². The molecule has 0 spiro atoms. The lowest BCUT2D eigenvalue weighted by Crippen LogP contribution is -2.37. The molecule has 6 heteroatoms. The smallest absolute Gasteiger partial charge is 0.129 e. The Morgan fingerprint density at radius 1 is 1.43 bits per heavy atom. The number of aliphatic hydroxyl groups excluding tert-OH is 1. The van der Waals surface area contributed by atoms with Gasteiger partial charge in [0, 0.05) is 20.2 Å². The molecule has 0 aromatic heterocycles. The molecule has 0 aliphatic rings. The molecule has 0 heterocycles. The van der Waals surface area contributed by atoms with Crippen molar-refractivity contribution in [2.24, 2.45) is 5.73 Å². The number of benzene rings is 1. The van der Waals surface area contributed by atoms with E-state index in [1.165, 1.54) is 0 Å². The fourth-order valence-corrected chi connectivity index (χ4v) is 2.10. The van der Waals surface area contributed by atoms with E-state index in [1.54, 1.807) is 19.2 Å². The summed E-state index contributed by atoms with van der Waals surface area (Å²) in [6.45, 7) is 5.06. The third-order valence-electron chi connectivity index (χ3n) is 3.11. The van der Waals surface area contributed by atoms with Crippen LogP contribution in [0.2, 0.25) is 0 Å². The molecule has 3 N–H and O–H groups in total. The lowest BCUT2D eigenvalue weighted by Gasteiger charge is -2.23. The quantitative estimate of drug-likeness (QED) is 0.629. The first kappa shape index (κ1) is 17.8. The lowest BCUT2D eigenvalue weighted by molar-refractivity contribution is 0.0591. The molecule has 0 amide bonds. The molecule has 0 fully saturated rings. The van der Waals surface area contributed by atoms with E-state index in [4.69, 9.17) is 27.4 Å². The molecule has 21 heavy (non-hydrogen) atoms. The molecule has 1 rings (SSSR count). The van der Waals surface area contributed by atoms with Gasteiger partial charge in [-0.05, 0) is 18.7 Å². The molecule has 0 aliphatic carbocycles. The second-order valence-corrected chi connectivity index (χ2v) is 5.15. The van der Waals surface area contributed by atoms with Crippen molar-refractivity contribution in [3.8, 4) is 5.75 Å². The summed E-state index contributed by atoms with van der Waals surface area (Å²) in [6.07, 6.45) is -0.582. The van der Waals surface area contributed by atoms with Crippen LogP contribution in [0.15, 0.2) is 24.3 Å². The first-order valence-corrected chi connectivity index (χ1v) is 7.40. The van der Waals surface area contributed by atoms with Crippen molar-refractivity contribution in [1.82, 2.24) is 4.90 Å². The maximum atomic E-state index is 10.1. The van der Waals surface area contributed by atoms with Crippen molar-refractivity contribution in [2.45, 2.75) is 13.0 Å². The van der Waals surface area contributed by atoms with Gasteiger partial charge in [0.15, 0.2) is 0 Å². The van der Waals surface area contributed by atoms with E-state index in [0.717, 1.165) is 13.1 Å². The summed E-state index contributed by atoms with van der Waals surface area (Å²) < 4.78 is 10.7. The van der Waals surface area contributed by atoms with Gasteiger partial charge in [0.2, 0.25) is 0 Å². The van der Waals surface area contributed by atoms with Gasteiger partial charge in [0.25, 0.3) is 0 Å². The minimum atomic E-state index is -0.582. The second kappa shape index (κ2) is 9.68. The Morgan fingerprint density at radius 2 is 2.14 bits per heavy atom. The minimum absolute atomic E-state index is 0.198. The second-order valence-electron chi connectivity index (χ2n) is 4.71. The van der Waals surface area contributed by atoms with Crippen LogP contribution in [0.3, 0.4) is 0 Å². The summed E-state index contributed by atoms with van der Waals surface area (Å²) in [7, 11) is 1.67. The number of thiocarbonyl (C=S) groups is 1. The fourth-order valence-electron chi connectivity index (χ4n) is 1.93. The highest BCUT2D eigenvalue weighted by Gasteiger charge is 2.12. The molecule has 0 saturated carbocycles. The van der Waals surface area contributed by atoms with E-state index in [0.29, 0.717) is 24.5 Å². The first-order chi connectivity index (χ1) is 10.1. The summed E-state index contributed by atoms with van der Waals surface area (Å²) in [6, 6.07) is 7.30. The molecule has 1 unspecified atom stereocenters. The third-order valence-corrected chi connectivity index (χ3v) is 3.33. The van der Waals surface area contributed by atoms with Crippen LogP contribution in [0, 0.1) is 0 Å². The number of ether oxygens (including phenoxy) is 2. The Bertz CT molecular complexity index is 443. The van der Waals surface area contributed by atoms with Crippen LogP contribution >= 0.6 is 12.2 Å². The standard InChI is InChI=1S/C15H24N2O3S/c1-3-17(8-9-19-2)10-12(18)11-20-14-7-5-4-6-13(14)15(16)21/h4-7,12,18H,3,8-11H2,1-2H3,(H2,16,21). The summed E-state index contributed by atoms with van der Waals surface area (Å²) in [5, 5.41) is 10.1. The van der Waals surface area contributed by atoms with Crippen LogP contribution in [0.25, 0.3) is 0 Å². The number of likely N-dealkylation sites (N-methyl/N-ethyl adjacent to an activating group) is 1. The number of methoxy groups -OCH3 is 1. The number of hydrogen-bond acceptors (Lipinski definition) is 5. The van der Waals surface area contributed by atoms with E-state index in [2.05, 4.69) is 4.90 Å². The van der Waals surface area contributed by atoms with Gasteiger partial charge in [-0.2, -0.15) is 0 Å². The molecule has 0 aliphatic heterocycles. The molecule has 0 radical (unpaired) electrons. The van der Waals surface area contributed by atoms with E-state index in [-0.39, 0.29) is 11.6 Å². The zero-order chi connectivity index (χ0) is 15.7. The van der Waals surface area contributed by atoms with E-state index in [1.807, 2.05) is 19.1 Å². The van der Waals surface area contributed by atoms with Crippen LogP contribution in [-0.2, 0) is 4.74 Å². The Hall–Kier alpha value is -1.21. The van der Waals surface area contributed by atoms with Crippen molar-refractivity contribution in [2.75, 3.05) is 40.0 Å². The summed E-state index contributed by atoms with van der Waals surface area (Å²) >= 11 is 4.98. The number of nitrogens with zero attached hydrogens (tertiary/aromatic N) is 1. The molecular formula is C15H24N2O3S. The third kappa shape index (κ3) is 6.39. The Kier molecular flexibility index (Phi) is 8.22. The van der Waals surface area contributed by atoms with Gasteiger partial charge in [-0.15, -0.1) is 0 Å². The highest BCUT2D eigenvalue weighted by Crippen LogP contribution is 2.17. The Morgan fingerprint density at radius 3 is 2.76 bits per heavy atom.